The van der Waals surface area contributed by atoms with E-state index in [4.69, 9.17) is 9.47 Å². The van der Waals surface area contributed by atoms with Crippen LogP contribution in [0.25, 0.3) is 0 Å². The van der Waals surface area contributed by atoms with Crippen molar-refractivity contribution in [2.24, 2.45) is 0 Å². The molecule has 0 aromatic heterocycles. The lowest BCUT2D eigenvalue weighted by atomic mass is 10.0. The quantitative estimate of drug-likeness (QED) is 0.112. The fourth-order valence-corrected chi connectivity index (χ4v) is 4.01. The zero-order valence-corrected chi connectivity index (χ0v) is 20.9. The molecule has 31 heavy (non-hydrogen) atoms. The van der Waals surface area contributed by atoms with E-state index in [-0.39, 0.29) is 11.9 Å². The van der Waals surface area contributed by atoms with Gasteiger partial charge in [-0.05, 0) is 26.7 Å². The van der Waals surface area contributed by atoms with Crippen LogP contribution >= 0.6 is 0 Å². The summed E-state index contributed by atoms with van der Waals surface area (Å²) in [6.07, 6.45) is 25.8. The molecular formula is C27H52O4. The number of esters is 2. The monoisotopic (exact) mass is 440 g/mol. The molecule has 0 radical (unpaired) electrons. The Labute approximate surface area is 193 Å². The van der Waals surface area contributed by atoms with Gasteiger partial charge in [0.25, 0.3) is 0 Å². The van der Waals surface area contributed by atoms with Crippen molar-refractivity contribution >= 4 is 11.9 Å². The van der Waals surface area contributed by atoms with Gasteiger partial charge in [-0.25, -0.2) is 0 Å². The summed E-state index contributed by atoms with van der Waals surface area (Å²) >= 11 is 0. The summed E-state index contributed by atoms with van der Waals surface area (Å²) in [5.74, 6) is -0.0798. The third-order valence-electron chi connectivity index (χ3n) is 5.87. The first-order valence-corrected chi connectivity index (χ1v) is 13.5. The summed E-state index contributed by atoms with van der Waals surface area (Å²) in [6, 6.07) is 0. The minimum Gasteiger partial charge on any atom is -0.466 e. The summed E-state index contributed by atoms with van der Waals surface area (Å²) in [7, 11) is 0. The molecule has 0 saturated heterocycles. The molecule has 184 valence electrons. The normalized spacial score (nSPS) is 10.9. The van der Waals surface area contributed by atoms with E-state index in [1.807, 2.05) is 13.8 Å². The predicted molar refractivity (Wildman–Crippen MR) is 130 cm³/mol. The lowest BCUT2D eigenvalue weighted by Crippen LogP contribution is -2.03. The van der Waals surface area contributed by atoms with E-state index in [0.29, 0.717) is 26.1 Å². The molecule has 0 unspecified atom stereocenters. The Morgan fingerprint density at radius 1 is 0.387 bits per heavy atom. The van der Waals surface area contributed by atoms with Crippen LogP contribution in [0.3, 0.4) is 0 Å². The fourth-order valence-electron chi connectivity index (χ4n) is 4.01. The largest absolute Gasteiger partial charge is 0.466 e. The smallest absolute Gasteiger partial charge is 0.305 e. The molecule has 0 aliphatic heterocycles. The maximum Gasteiger partial charge on any atom is 0.305 e. The van der Waals surface area contributed by atoms with Crippen LogP contribution in [-0.4, -0.2) is 25.2 Å². The fraction of sp³-hybridized carbons (Fsp3) is 0.926. The summed E-state index contributed by atoms with van der Waals surface area (Å²) in [4.78, 5) is 22.5. The Bertz CT molecular complexity index is 359. The third-order valence-corrected chi connectivity index (χ3v) is 5.87. The number of carbonyl (C=O) groups is 2. The van der Waals surface area contributed by atoms with Crippen LogP contribution in [0, 0.1) is 0 Å². The molecule has 0 amide bonds. The molecule has 0 spiro atoms. The Kier molecular flexibility index (Phi) is 24.3. The molecule has 0 aliphatic carbocycles. The average Bonchev–Trinajstić information content (AvgIpc) is 2.75. The van der Waals surface area contributed by atoms with E-state index in [9.17, 15) is 9.59 Å². The van der Waals surface area contributed by atoms with Crippen molar-refractivity contribution in [1.29, 1.82) is 0 Å². The van der Waals surface area contributed by atoms with Gasteiger partial charge in [-0.3, -0.25) is 9.59 Å². The molecule has 0 fully saturated rings. The number of carbonyl (C=O) groups excluding carboxylic acids is 2. The zero-order chi connectivity index (χ0) is 22.8. The summed E-state index contributed by atoms with van der Waals surface area (Å²) in [5.41, 5.74) is 0. The number of ether oxygens (including phenoxy) is 2. The Morgan fingerprint density at radius 3 is 0.774 bits per heavy atom. The number of hydrogen-bond acceptors (Lipinski definition) is 4. The zero-order valence-electron chi connectivity index (χ0n) is 20.9. The van der Waals surface area contributed by atoms with E-state index in [1.165, 1.54) is 96.3 Å². The minimum atomic E-state index is -0.0399. The summed E-state index contributed by atoms with van der Waals surface area (Å²) in [5, 5.41) is 0. The second kappa shape index (κ2) is 25.2. The van der Waals surface area contributed by atoms with Crippen LogP contribution in [0.2, 0.25) is 0 Å². The first-order chi connectivity index (χ1) is 15.2. The molecular weight excluding hydrogens is 388 g/mol. The van der Waals surface area contributed by atoms with Gasteiger partial charge >= 0.3 is 11.9 Å². The molecule has 0 bridgehead atoms. The molecule has 0 aliphatic rings. The van der Waals surface area contributed by atoms with E-state index in [0.717, 1.165) is 25.7 Å². The molecule has 0 aromatic carbocycles. The van der Waals surface area contributed by atoms with Gasteiger partial charge in [0.2, 0.25) is 0 Å². The van der Waals surface area contributed by atoms with Gasteiger partial charge in [-0.2, -0.15) is 0 Å². The molecule has 4 nitrogen and oxygen atoms in total. The minimum absolute atomic E-state index is 0.0399. The molecule has 0 aromatic rings. The third kappa shape index (κ3) is 25.1. The summed E-state index contributed by atoms with van der Waals surface area (Å²) < 4.78 is 9.89. The molecule has 0 rings (SSSR count). The van der Waals surface area contributed by atoms with Crippen LogP contribution < -0.4 is 0 Å². The maximum absolute atomic E-state index is 11.2. The first kappa shape index (κ1) is 29.9. The summed E-state index contributed by atoms with van der Waals surface area (Å²) in [6.45, 7) is 4.73. The molecule has 0 N–H and O–H groups in total. The first-order valence-electron chi connectivity index (χ1n) is 13.5. The highest BCUT2D eigenvalue weighted by atomic mass is 16.5. The van der Waals surface area contributed by atoms with Gasteiger partial charge in [-0.15, -0.1) is 0 Å². The predicted octanol–water partition coefficient (Wildman–Crippen LogP) is 8.30. The van der Waals surface area contributed by atoms with Crippen molar-refractivity contribution in [3.63, 3.8) is 0 Å². The molecule has 0 saturated carbocycles. The highest BCUT2D eigenvalue weighted by Crippen LogP contribution is 2.15. The van der Waals surface area contributed by atoms with Gasteiger partial charge in [0, 0.05) is 12.8 Å². The van der Waals surface area contributed by atoms with Crippen molar-refractivity contribution < 1.29 is 19.1 Å². The van der Waals surface area contributed by atoms with Crippen LogP contribution in [-0.2, 0) is 19.1 Å². The van der Waals surface area contributed by atoms with Crippen LogP contribution in [0.5, 0.6) is 0 Å². The lowest BCUT2D eigenvalue weighted by molar-refractivity contribution is -0.144. The van der Waals surface area contributed by atoms with Gasteiger partial charge in [0.15, 0.2) is 0 Å². The van der Waals surface area contributed by atoms with Gasteiger partial charge in [0.05, 0.1) is 13.2 Å². The van der Waals surface area contributed by atoms with Gasteiger partial charge in [-0.1, -0.05) is 109 Å². The molecule has 0 heterocycles. The molecule has 4 heteroatoms. The van der Waals surface area contributed by atoms with Crippen molar-refractivity contribution in [3.8, 4) is 0 Å². The topological polar surface area (TPSA) is 52.6 Å². The van der Waals surface area contributed by atoms with Crippen LogP contribution in [0.1, 0.15) is 149 Å². The Hall–Kier alpha value is -1.06. The molecule has 0 atom stereocenters. The van der Waals surface area contributed by atoms with Crippen molar-refractivity contribution in [2.75, 3.05) is 13.2 Å². The Morgan fingerprint density at radius 2 is 0.581 bits per heavy atom. The van der Waals surface area contributed by atoms with Gasteiger partial charge < -0.3 is 9.47 Å². The standard InChI is InChI=1S/C27H52O4/c1-3-30-26(28)24-22-20-18-16-14-12-10-8-6-5-7-9-11-13-15-17-19-21-23-25-27(29)31-4-2/h3-25H2,1-2H3. The van der Waals surface area contributed by atoms with E-state index < -0.39 is 0 Å². The van der Waals surface area contributed by atoms with Crippen molar-refractivity contribution in [1.82, 2.24) is 0 Å². The lowest BCUT2D eigenvalue weighted by Gasteiger charge is -2.04. The highest BCUT2D eigenvalue weighted by molar-refractivity contribution is 5.69. The van der Waals surface area contributed by atoms with E-state index in [2.05, 4.69) is 0 Å². The highest BCUT2D eigenvalue weighted by Gasteiger charge is 2.01. The number of hydrogen-bond donors (Lipinski definition) is 0. The van der Waals surface area contributed by atoms with Crippen LogP contribution in [0.15, 0.2) is 0 Å². The number of rotatable bonds is 24. The van der Waals surface area contributed by atoms with Crippen LogP contribution in [0.4, 0.5) is 0 Å². The average molecular weight is 441 g/mol. The Balaban J connectivity index is 3.08. The number of unbranched alkanes of at least 4 members (excludes halogenated alkanes) is 18. The van der Waals surface area contributed by atoms with Crippen molar-refractivity contribution in [3.05, 3.63) is 0 Å². The van der Waals surface area contributed by atoms with E-state index in [1.54, 1.807) is 0 Å². The van der Waals surface area contributed by atoms with E-state index >= 15 is 0 Å². The second-order valence-corrected chi connectivity index (χ2v) is 8.83. The SMILES string of the molecule is CCOC(=O)CCCCCCCCCCCCCCCCCCCCCC(=O)OCC. The second-order valence-electron chi connectivity index (χ2n) is 8.83. The van der Waals surface area contributed by atoms with Crippen molar-refractivity contribution in [2.45, 2.75) is 149 Å². The van der Waals surface area contributed by atoms with Gasteiger partial charge in [0.1, 0.15) is 0 Å². The maximum atomic E-state index is 11.2.